The van der Waals surface area contributed by atoms with Crippen molar-refractivity contribution in [3.8, 4) is 5.75 Å². The smallest absolute Gasteiger partial charge is 0.251 e. The standard InChI is InChI=1S/C18H19FN2O3S/c1-24-13-7-6-10(8-12(13)19)9-15(22)21-18-16(17(20)23)11-4-2-3-5-14(11)25-18/h6-8H,2-5,9H2,1H3,(H2,20,23)(H,21,22). The van der Waals surface area contributed by atoms with Crippen molar-refractivity contribution in [2.75, 3.05) is 12.4 Å². The van der Waals surface area contributed by atoms with Crippen molar-refractivity contribution in [1.29, 1.82) is 0 Å². The molecule has 1 aromatic heterocycles. The van der Waals surface area contributed by atoms with Crippen LogP contribution in [0.5, 0.6) is 5.75 Å². The van der Waals surface area contributed by atoms with Crippen LogP contribution in [0.15, 0.2) is 18.2 Å². The third-order valence-electron chi connectivity index (χ3n) is 4.25. The van der Waals surface area contributed by atoms with E-state index in [-0.39, 0.29) is 18.1 Å². The molecule has 1 aliphatic carbocycles. The number of rotatable bonds is 5. The van der Waals surface area contributed by atoms with Crippen LogP contribution in [-0.2, 0) is 24.1 Å². The van der Waals surface area contributed by atoms with Gasteiger partial charge in [0.1, 0.15) is 5.00 Å². The highest BCUT2D eigenvalue weighted by molar-refractivity contribution is 7.17. The van der Waals surface area contributed by atoms with Gasteiger partial charge in [-0.05, 0) is 48.9 Å². The zero-order valence-electron chi connectivity index (χ0n) is 13.9. The largest absolute Gasteiger partial charge is 0.494 e. The summed E-state index contributed by atoms with van der Waals surface area (Å²) >= 11 is 1.41. The van der Waals surface area contributed by atoms with Crippen LogP contribution in [0.2, 0.25) is 0 Å². The Balaban J connectivity index is 1.78. The molecular weight excluding hydrogens is 343 g/mol. The van der Waals surface area contributed by atoms with Crippen molar-refractivity contribution < 1.29 is 18.7 Å². The molecule has 0 fully saturated rings. The van der Waals surface area contributed by atoms with Gasteiger partial charge in [-0.3, -0.25) is 9.59 Å². The van der Waals surface area contributed by atoms with Gasteiger partial charge in [0.2, 0.25) is 5.91 Å². The summed E-state index contributed by atoms with van der Waals surface area (Å²) in [4.78, 5) is 25.3. The lowest BCUT2D eigenvalue weighted by Crippen LogP contribution is -2.19. The Hall–Kier alpha value is -2.41. The Morgan fingerprint density at radius 2 is 2.08 bits per heavy atom. The molecule has 0 saturated carbocycles. The Labute approximate surface area is 149 Å². The number of methoxy groups -OCH3 is 1. The number of thiophene rings is 1. The number of carbonyl (C=O) groups excluding carboxylic acids is 2. The van der Waals surface area contributed by atoms with Crippen molar-refractivity contribution >= 4 is 28.2 Å². The average Bonchev–Trinajstić information content (AvgIpc) is 2.92. The minimum atomic E-state index is -0.523. The summed E-state index contributed by atoms with van der Waals surface area (Å²) in [7, 11) is 1.38. The molecule has 132 valence electrons. The van der Waals surface area contributed by atoms with Crippen molar-refractivity contribution in [1.82, 2.24) is 0 Å². The maximum Gasteiger partial charge on any atom is 0.251 e. The number of fused-ring (bicyclic) bond motifs is 1. The number of benzene rings is 1. The van der Waals surface area contributed by atoms with Gasteiger partial charge in [0.25, 0.3) is 5.91 Å². The fourth-order valence-electron chi connectivity index (χ4n) is 3.09. The third-order valence-corrected chi connectivity index (χ3v) is 5.46. The molecule has 0 atom stereocenters. The normalized spacial score (nSPS) is 13.2. The summed E-state index contributed by atoms with van der Waals surface area (Å²) < 4.78 is 18.6. The zero-order valence-corrected chi connectivity index (χ0v) is 14.7. The fourth-order valence-corrected chi connectivity index (χ4v) is 4.40. The van der Waals surface area contributed by atoms with Gasteiger partial charge in [-0.2, -0.15) is 0 Å². The number of anilines is 1. The molecule has 0 bridgehead atoms. The van der Waals surface area contributed by atoms with Crippen LogP contribution in [-0.4, -0.2) is 18.9 Å². The second kappa shape index (κ2) is 7.23. The second-order valence-corrected chi connectivity index (χ2v) is 7.08. The Bertz CT molecular complexity index is 832. The third kappa shape index (κ3) is 3.66. The van der Waals surface area contributed by atoms with E-state index in [0.717, 1.165) is 36.1 Å². The lowest BCUT2D eigenvalue weighted by Gasteiger charge is -2.11. The van der Waals surface area contributed by atoms with E-state index in [1.54, 1.807) is 6.07 Å². The van der Waals surface area contributed by atoms with Crippen LogP contribution in [0.1, 0.15) is 39.2 Å². The summed E-state index contributed by atoms with van der Waals surface area (Å²) in [5.74, 6) is -1.22. The molecule has 0 radical (unpaired) electrons. The number of nitrogens with two attached hydrogens (primary N) is 1. The van der Waals surface area contributed by atoms with Crippen LogP contribution in [0.3, 0.4) is 0 Å². The number of carbonyl (C=O) groups is 2. The van der Waals surface area contributed by atoms with E-state index >= 15 is 0 Å². The van der Waals surface area contributed by atoms with Gasteiger partial charge < -0.3 is 15.8 Å². The summed E-state index contributed by atoms with van der Waals surface area (Å²) in [5, 5.41) is 3.27. The summed E-state index contributed by atoms with van der Waals surface area (Å²) in [6.07, 6.45) is 3.80. The van der Waals surface area contributed by atoms with E-state index < -0.39 is 11.7 Å². The first-order valence-electron chi connectivity index (χ1n) is 8.06. The molecular formula is C18H19FN2O3S. The van der Waals surface area contributed by atoms with E-state index in [1.165, 1.54) is 30.6 Å². The topological polar surface area (TPSA) is 81.4 Å². The van der Waals surface area contributed by atoms with Gasteiger partial charge >= 0.3 is 0 Å². The molecule has 7 heteroatoms. The second-order valence-electron chi connectivity index (χ2n) is 5.97. The number of hydrogen-bond donors (Lipinski definition) is 2. The van der Waals surface area contributed by atoms with E-state index in [1.807, 2.05) is 0 Å². The van der Waals surface area contributed by atoms with Gasteiger partial charge in [0, 0.05) is 4.88 Å². The highest BCUT2D eigenvalue weighted by Crippen LogP contribution is 2.37. The van der Waals surface area contributed by atoms with E-state index in [4.69, 9.17) is 10.5 Å². The summed E-state index contributed by atoms with van der Waals surface area (Å²) in [6, 6.07) is 4.39. The molecule has 3 rings (SSSR count). The van der Waals surface area contributed by atoms with Crippen LogP contribution in [0.25, 0.3) is 0 Å². The molecule has 0 saturated heterocycles. The Kier molecular flexibility index (Phi) is 5.03. The Morgan fingerprint density at radius 3 is 2.76 bits per heavy atom. The van der Waals surface area contributed by atoms with E-state index in [9.17, 15) is 14.0 Å². The molecule has 1 heterocycles. The minimum Gasteiger partial charge on any atom is -0.494 e. The number of hydrogen-bond acceptors (Lipinski definition) is 4. The Morgan fingerprint density at radius 1 is 1.32 bits per heavy atom. The van der Waals surface area contributed by atoms with Gasteiger partial charge in [0.05, 0.1) is 19.1 Å². The average molecular weight is 362 g/mol. The predicted molar refractivity (Wildman–Crippen MR) is 94.8 cm³/mol. The lowest BCUT2D eigenvalue weighted by atomic mass is 9.95. The van der Waals surface area contributed by atoms with Crippen LogP contribution < -0.4 is 15.8 Å². The van der Waals surface area contributed by atoms with E-state index in [0.29, 0.717) is 16.1 Å². The molecule has 3 N–H and O–H groups in total. The first-order valence-corrected chi connectivity index (χ1v) is 8.88. The molecule has 1 aromatic carbocycles. The maximum absolute atomic E-state index is 13.7. The highest BCUT2D eigenvalue weighted by Gasteiger charge is 2.25. The van der Waals surface area contributed by atoms with Gasteiger partial charge in [-0.25, -0.2) is 4.39 Å². The monoisotopic (exact) mass is 362 g/mol. The SMILES string of the molecule is COc1ccc(CC(=O)Nc2sc3c(c2C(N)=O)CCCC3)cc1F. The maximum atomic E-state index is 13.7. The first kappa shape index (κ1) is 17.4. The van der Waals surface area contributed by atoms with Crippen molar-refractivity contribution in [3.05, 3.63) is 45.6 Å². The minimum absolute atomic E-state index is 0.00167. The number of halogens is 1. The van der Waals surface area contributed by atoms with E-state index in [2.05, 4.69) is 5.32 Å². The molecule has 0 spiro atoms. The molecule has 5 nitrogen and oxygen atoms in total. The molecule has 1 aliphatic rings. The fraction of sp³-hybridized carbons (Fsp3) is 0.333. The summed E-state index contributed by atoms with van der Waals surface area (Å²) in [5.41, 5.74) is 7.43. The quantitative estimate of drug-likeness (QED) is 0.858. The van der Waals surface area contributed by atoms with Crippen LogP contribution in [0.4, 0.5) is 9.39 Å². The van der Waals surface area contributed by atoms with Gasteiger partial charge in [-0.1, -0.05) is 6.07 Å². The van der Waals surface area contributed by atoms with Crippen LogP contribution >= 0.6 is 11.3 Å². The van der Waals surface area contributed by atoms with Crippen molar-refractivity contribution in [3.63, 3.8) is 0 Å². The summed E-state index contributed by atoms with van der Waals surface area (Å²) in [6.45, 7) is 0. The van der Waals surface area contributed by atoms with Crippen LogP contribution in [0, 0.1) is 5.82 Å². The molecule has 2 amide bonds. The number of aryl methyl sites for hydroxylation is 1. The highest BCUT2D eigenvalue weighted by atomic mass is 32.1. The lowest BCUT2D eigenvalue weighted by molar-refractivity contribution is -0.115. The molecule has 0 unspecified atom stereocenters. The molecule has 2 aromatic rings. The molecule has 0 aliphatic heterocycles. The van der Waals surface area contributed by atoms with Gasteiger partial charge in [0.15, 0.2) is 11.6 Å². The predicted octanol–water partition coefficient (Wildman–Crippen LogP) is 3.05. The zero-order chi connectivity index (χ0) is 18.0. The number of ether oxygens (including phenoxy) is 1. The number of amides is 2. The number of nitrogens with one attached hydrogen (secondary N) is 1. The van der Waals surface area contributed by atoms with Crippen molar-refractivity contribution in [2.45, 2.75) is 32.1 Å². The van der Waals surface area contributed by atoms with Crippen molar-refractivity contribution in [2.24, 2.45) is 5.73 Å². The molecule has 25 heavy (non-hydrogen) atoms. The first-order chi connectivity index (χ1) is 12.0. The van der Waals surface area contributed by atoms with Gasteiger partial charge in [-0.15, -0.1) is 11.3 Å². The number of primary amides is 1.